The van der Waals surface area contributed by atoms with E-state index in [1.165, 1.54) is 69.3 Å². The predicted octanol–water partition coefficient (Wildman–Crippen LogP) is 3.71. The molecule has 0 spiro atoms. The minimum Gasteiger partial charge on any atom is -0.372 e. The number of hydrogen-bond donors (Lipinski definition) is 1. The topological polar surface area (TPSA) is 15.3 Å². The molecule has 1 aliphatic carbocycles. The van der Waals surface area contributed by atoms with Crippen LogP contribution in [-0.4, -0.2) is 19.1 Å². The SMILES string of the molecule is c1cc(N2CCCC2)ccc1CNC1CCCCC1. The van der Waals surface area contributed by atoms with Gasteiger partial charge in [0.25, 0.3) is 0 Å². The van der Waals surface area contributed by atoms with Gasteiger partial charge in [-0.05, 0) is 43.4 Å². The van der Waals surface area contributed by atoms with Crippen molar-refractivity contribution in [3.8, 4) is 0 Å². The summed E-state index contributed by atoms with van der Waals surface area (Å²) in [7, 11) is 0. The molecule has 1 saturated heterocycles. The zero-order valence-electron chi connectivity index (χ0n) is 11.9. The maximum atomic E-state index is 3.71. The van der Waals surface area contributed by atoms with E-state index >= 15 is 0 Å². The van der Waals surface area contributed by atoms with Crippen LogP contribution in [0.2, 0.25) is 0 Å². The van der Waals surface area contributed by atoms with Gasteiger partial charge in [-0.1, -0.05) is 31.4 Å². The predicted molar refractivity (Wildman–Crippen MR) is 81.6 cm³/mol. The van der Waals surface area contributed by atoms with E-state index in [1.807, 2.05) is 0 Å². The molecule has 1 heterocycles. The summed E-state index contributed by atoms with van der Waals surface area (Å²) in [5.41, 5.74) is 2.83. The van der Waals surface area contributed by atoms with Crippen molar-refractivity contribution in [2.24, 2.45) is 0 Å². The van der Waals surface area contributed by atoms with Crippen molar-refractivity contribution in [1.82, 2.24) is 5.32 Å². The summed E-state index contributed by atoms with van der Waals surface area (Å²) in [5.74, 6) is 0. The quantitative estimate of drug-likeness (QED) is 0.885. The van der Waals surface area contributed by atoms with Crippen LogP contribution in [0.4, 0.5) is 5.69 Å². The van der Waals surface area contributed by atoms with Crippen LogP contribution in [0.15, 0.2) is 24.3 Å². The lowest BCUT2D eigenvalue weighted by atomic mass is 9.95. The first kappa shape index (κ1) is 13.0. The van der Waals surface area contributed by atoms with Gasteiger partial charge in [0, 0.05) is 31.4 Å². The van der Waals surface area contributed by atoms with Gasteiger partial charge in [-0.2, -0.15) is 0 Å². The normalized spacial score (nSPS) is 20.9. The van der Waals surface area contributed by atoms with Gasteiger partial charge in [-0.3, -0.25) is 0 Å². The smallest absolute Gasteiger partial charge is 0.0366 e. The van der Waals surface area contributed by atoms with Gasteiger partial charge in [0.15, 0.2) is 0 Å². The molecule has 104 valence electrons. The summed E-state index contributed by atoms with van der Waals surface area (Å²) in [6, 6.07) is 9.94. The van der Waals surface area contributed by atoms with Crippen molar-refractivity contribution in [3.05, 3.63) is 29.8 Å². The number of hydrogen-bond acceptors (Lipinski definition) is 2. The second-order valence-electron chi connectivity index (χ2n) is 6.08. The van der Waals surface area contributed by atoms with Gasteiger partial charge >= 0.3 is 0 Å². The van der Waals surface area contributed by atoms with Crippen molar-refractivity contribution in [3.63, 3.8) is 0 Å². The molecular weight excluding hydrogens is 232 g/mol. The standard InChI is InChI=1S/C17H26N2/c1-2-6-16(7-3-1)18-14-15-8-10-17(11-9-15)19-12-4-5-13-19/h8-11,16,18H,1-7,12-14H2. The Labute approximate surface area is 117 Å². The van der Waals surface area contributed by atoms with Crippen molar-refractivity contribution in [2.45, 2.75) is 57.5 Å². The Balaban J connectivity index is 1.50. The fourth-order valence-corrected chi connectivity index (χ4v) is 3.37. The number of nitrogens with zero attached hydrogens (tertiary/aromatic N) is 1. The zero-order chi connectivity index (χ0) is 12.9. The van der Waals surface area contributed by atoms with Crippen molar-refractivity contribution < 1.29 is 0 Å². The molecule has 2 fully saturated rings. The molecule has 1 N–H and O–H groups in total. The van der Waals surface area contributed by atoms with Crippen LogP contribution in [0.3, 0.4) is 0 Å². The maximum absolute atomic E-state index is 3.71. The average molecular weight is 258 g/mol. The molecule has 0 bridgehead atoms. The Bertz CT molecular complexity index is 373. The van der Waals surface area contributed by atoms with E-state index in [9.17, 15) is 0 Å². The van der Waals surface area contributed by atoms with Gasteiger partial charge < -0.3 is 10.2 Å². The fraction of sp³-hybridized carbons (Fsp3) is 0.647. The largest absolute Gasteiger partial charge is 0.372 e. The molecule has 0 radical (unpaired) electrons. The first-order valence-electron chi connectivity index (χ1n) is 7.99. The van der Waals surface area contributed by atoms with Gasteiger partial charge in [0.2, 0.25) is 0 Å². The molecule has 1 aromatic carbocycles. The second-order valence-corrected chi connectivity index (χ2v) is 6.08. The minimum atomic E-state index is 0.756. The Morgan fingerprint density at radius 3 is 2.26 bits per heavy atom. The Morgan fingerprint density at radius 1 is 0.895 bits per heavy atom. The summed E-state index contributed by atoms with van der Waals surface area (Å²) in [6.07, 6.45) is 9.69. The first-order valence-corrected chi connectivity index (χ1v) is 7.99. The third-order valence-electron chi connectivity index (χ3n) is 4.61. The molecule has 2 heteroatoms. The molecule has 0 unspecified atom stereocenters. The van der Waals surface area contributed by atoms with Crippen molar-refractivity contribution in [2.75, 3.05) is 18.0 Å². The molecule has 2 aliphatic rings. The molecule has 0 atom stereocenters. The number of anilines is 1. The van der Waals surface area contributed by atoms with E-state index in [0.29, 0.717) is 0 Å². The third-order valence-corrected chi connectivity index (χ3v) is 4.61. The van der Waals surface area contributed by atoms with Gasteiger partial charge in [-0.15, -0.1) is 0 Å². The van der Waals surface area contributed by atoms with Crippen LogP contribution >= 0.6 is 0 Å². The van der Waals surface area contributed by atoms with Gasteiger partial charge in [0.1, 0.15) is 0 Å². The molecule has 2 nitrogen and oxygen atoms in total. The molecule has 1 saturated carbocycles. The summed E-state index contributed by atoms with van der Waals surface area (Å²) >= 11 is 0. The van der Waals surface area contributed by atoms with Crippen LogP contribution in [0, 0.1) is 0 Å². The zero-order valence-corrected chi connectivity index (χ0v) is 11.9. The monoisotopic (exact) mass is 258 g/mol. The minimum absolute atomic E-state index is 0.756. The average Bonchev–Trinajstić information content (AvgIpc) is 3.01. The van der Waals surface area contributed by atoms with Crippen LogP contribution in [0.5, 0.6) is 0 Å². The lowest BCUT2D eigenvalue weighted by molar-refractivity contribution is 0.372. The van der Waals surface area contributed by atoms with E-state index in [0.717, 1.165) is 12.6 Å². The Morgan fingerprint density at radius 2 is 1.58 bits per heavy atom. The molecular formula is C17H26N2. The van der Waals surface area contributed by atoms with Gasteiger partial charge in [-0.25, -0.2) is 0 Å². The number of benzene rings is 1. The highest BCUT2D eigenvalue weighted by Gasteiger charge is 2.13. The molecule has 3 rings (SSSR count). The summed E-state index contributed by atoms with van der Waals surface area (Å²) in [5, 5.41) is 3.71. The third kappa shape index (κ3) is 3.50. The van der Waals surface area contributed by atoms with Crippen LogP contribution in [0.25, 0.3) is 0 Å². The molecule has 1 aromatic rings. The maximum Gasteiger partial charge on any atom is 0.0366 e. The number of rotatable bonds is 4. The van der Waals surface area contributed by atoms with E-state index in [4.69, 9.17) is 0 Å². The molecule has 0 aromatic heterocycles. The van der Waals surface area contributed by atoms with Crippen molar-refractivity contribution >= 4 is 5.69 Å². The van der Waals surface area contributed by atoms with Crippen LogP contribution in [0.1, 0.15) is 50.5 Å². The lowest BCUT2D eigenvalue weighted by Gasteiger charge is -2.23. The van der Waals surface area contributed by atoms with Crippen LogP contribution in [-0.2, 0) is 6.54 Å². The van der Waals surface area contributed by atoms with E-state index < -0.39 is 0 Å². The molecule has 19 heavy (non-hydrogen) atoms. The second kappa shape index (κ2) is 6.42. The highest BCUT2D eigenvalue weighted by Crippen LogP contribution is 2.21. The highest BCUT2D eigenvalue weighted by molar-refractivity contribution is 5.48. The Kier molecular flexibility index (Phi) is 4.39. The lowest BCUT2D eigenvalue weighted by Crippen LogP contribution is -2.30. The fourth-order valence-electron chi connectivity index (χ4n) is 3.37. The van der Waals surface area contributed by atoms with E-state index in [-0.39, 0.29) is 0 Å². The summed E-state index contributed by atoms with van der Waals surface area (Å²) < 4.78 is 0. The number of nitrogens with one attached hydrogen (secondary N) is 1. The summed E-state index contributed by atoms with van der Waals surface area (Å²) in [4.78, 5) is 2.50. The summed E-state index contributed by atoms with van der Waals surface area (Å²) in [6.45, 7) is 3.50. The Hall–Kier alpha value is -1.02. The highest BCUT2D eigenvalue weighted by atomic mass is 15.1. The first-order chi connectivity index (χ1) is 9.42. The van der Waals surface area contributed by atoms with Gasteiger partial charge in [0.05, 0.1) is 0 Å². The molecule has 0 amide bonds. The van der Waals surface area contributed by atoms with E-state index in [1.54, 1.807) is 0 Å². The molecule has 1 aliphatic heterocycles. The van der Waals surface area contributed by atoms with Crippen LogP contribution < -0.4 is 10.2 Å². The van der Waals surface area contributed by atoms with Crippen molar-refractivity contribution in [1.29, 1.82) is 0 Å². The van der Waals surface area contributed by atoms with E-state index in [2.05, 4.69) is 34.5 Å².